The van der Waals surface area contributed by atoms with Gasteiger partial charge in [-0.05, 0) is 25.0 Å². The van der Waals surface area contributed by atoms with E-state index in [2.05, 4.69) is 15.5 Å². The van der Waals surface area contributed by atoms with Gasteiger partial charge >= 0.3 is 0 Å². The second kappa shape index (κ2) is 7.70. The fourth-order valence-electron chi connectivity index (χ4n) is 3.88. The van der Waals surface area contributed by atoms with Crippen molar-refractivity contribution >= 4 is 23.4 Å². The first-order valence-electron chi connectivity index (χ1n) is 9.22. The second-order valence-electron chi connectivity index (χ2n) is 6.98. The van der Waals surface area contributed by atoms with E-state index in [1.165, 1.54) is 0 Å². The molecule has 0 bridgehead atoms. The van der Waals surface area contributed by atoms with Crippen LogP contribution in [0.4, 0.5) is 0 Å². The third kappa shape index (κ3) is 3.70. The van der Waals surface area contributed by atoms with E-state index in [1.807, 2.05) is 28.0 Å². The molecule has 7 nitrogen and oxygen atoms in total. The summed E-state index contributed by atoms with van der Waals surface area (Å²) in [6.45, 7) is 3.13. The maximum Gasteiger partial charge on any atom is 0.257 e. The van der Waals surface area contributed by atoms with Gasteiger partial charge in [0.1, 0.15) is 0 Å². The molecule has 2 aliphatic heterocycles. The Hall–Kier alpha value is -2.38. The van der Waals surface area contributed by atoms with Gasteiger partial charge in [-0.1, -0.05) is 23.7 Å². The number of nitrogens with zero attached hydrogens (tertiary/aromatic N) is 3. The number of aromatic amines is 1. The average molecular weight is 388 g/mol. The number of carbonyl (C=O) groups is 2. The number of aromatic nitrogens is 2. The lowest BCUT2D eigenvalue weighted by Crippen LogP contribution is -2.57. The highest BCUT2D eigenvalue weighted by molar-refractivity contribution is 6.30. The van der Waals surface area contributed by atoms with Crippen LogP contribution < -0.4 is 5.32 Å². The summed E-state index contributed by atoms with van der Waals surface area (Å²) in [5.41, 5.74) is 2.03. The van der Waals surface area contributed by atoms with E-state index in [1.54, 1.807) is 12.3 Å². The number of amides is 2. The van der Waals surface area contributed by atoms with Crippen molar-refractivity contribution in [3.8, 4) is 11.3 Å². The Bertz CT molecular complexity index is 852. The standard InChI is InChI=1S/C19H22ClN5O2/c20-14-4-1-3-13(9-14)18-16(10-22-23-18)19(27)24-7-2-5-15(12-24)25-8-6-21-11-17(25)26/h1,3-4,9-10,15,21H,2,5-8,11-12H2,(H,22,23). The number of hydrogen-bond acceptors (Lipinski definition) is 4. The Morgan fingerprint density at radius 3 is 3.00 bits per heavy atom. The van der Waals surface area contributed by atoms with Crippen LogP contribution in [-0.4, -0.2) is 70.6 Å². The molecule has 1 unspecified atom stereocenters. The minimum atomic E-state index is -0.0639. The molecule has 2 aliphatic rings. The zero-order chi connectivity index (χ0) is 18.8. The van der Waals surface area contributed by atoms with Gasteiger partial charge in [0.25, 0.3) is 5.91 Å². The maximum atomic E-state index is 13.2. The number of H-pyrrole nitrogens is 1. The SMILES string of the molecule is O=C(c1cn[nH]c1-c1cccc(Cl)c1)N1CCCC(N2CCNCC2=O)C1. The summed E-state index contributed by atoms with van der Waals surface area (Å²) in [6, 6.07) is 7.43. The van der Waals surface area contributed by atoms with E-state index >= 15 is 0 Å². The molecule has 1 aromatic heterocycles. The number of rotatable bonds is 3. The molecule has 0 spiro atoms. The molecule has 0 radical (unpaired) electrons. The Morgan fingerprint density at radius 2 is 2.19 bits per heavy atom. The van der Waals surface area contributed by atoms with Gasteiger partial charge in [0, 0.05) is 42.8 Å². The number of hydrogen-bond donors (Lipinski definition) is 2. The van der Waals surface area contributed by atoms with Crippen LogP contribution in [0, 0.1) is 0 Å². The molecule has 2 fully saturated rings. The Balaban J connectivity index is 1.53. The Kier molecular flexibility index (Phi) is 5.13. The van der Waals surface area contributed by atoms with Crippen LogP contribution in [-0.2, 0) is 4.79 Å². The lowest BCUT2D eigenvalue weighted by Gasteiger charge is -2.41. The normalized spacial score (nSPS) is 20.8. The zero-order valence-corrected chi connectivity index (χ0v) is 15.7. The van der Waals surface area contributed by atoms with Crippen LogP contribution in [0.2, 0.25) is 5.02 Å². The molecular weight excluding hydrogens is 366 g/mol. The van der Waals surface area contributed by atoms with Gasteiger partial charge in [0.15, 0.2) is 0 Å². The van der Waals surface area contributed by atoms with Gasteiger partial charge in [0.2, 0.25) is 5.91 Å². The van der Waals surface area contributed by atoms with E-state index in [4.69, 9.17) is 11.6 Å². The van der Waals surface area contributed by atoms with Crippen molar-refractivity contribution in [2.24, 2.45) is 0 Å². The third-order valence-corrected chi connectivity index (χ3v) is 5.47. The van der Waals surface area contributed by atoms with Crippen LogP contribution in [0.1, 0.15) is 23.2 Å². The van der Waals surface area contributed by atoms with Crippen LogP contribution in [0.15, 0.2) is 30.5 Å². The van der Waals surface area contributed by atoms with Crippen molar-refractivity contribution in [2.45, 2.75) is 18.9 Å². The first-order chi connectivity index (χ1) is 13.1. The van der Waals surface area contributed by atoms with Gasteiger partial charge in [0.05, 0.1) is 24.0 Å². The number of carbonyl (C=O) groups excluding carboxylic acids is 2. The lowest BCUT2D eigenvalue weighted by molar-refractivity contribution is -0.135. The van der Waals surface area contributed by atoms with Crippen LogP contribution >= 0.6 is 11.6 Å². The smallest absolute Gasteiger partial charge is 0.257 e. The van der Waals surface area contributed by atoms with Crippen molar-refractivity contribution in [1.82, 2.24) is 25.3 Å². The monoisotopic (exact) mass is 387 g/mol. The quantitative estimate of drug-likeness (QED) is 0.841. The number of piperazine rings is 1. The van der Waals surface area contributed by atoms with Gasteiger partial charge in [-0.25, -0.2) is 0 Å². The van der Waals surface area contributed by atoms with Crippen LogP contribution in [0.5, 0.6) is 0 Å². The van der Waals surface area contributed by atoms with Crippen LogP contribution in [0.3, 0.4) is 0 Å². The third-order valence-electron chi connectivity index (χ3n) is 5.23. The van der Waals surface area contributed by atoms with Crippen LogP contribution in [0.25, 0.3) is 11.3 Å². The number of piperidine rings is 1. The summed E-state index contributed by atoms with van der Waals surface area (Å²) < 4.78 is 0. The van der Waals surface area contributed by atoms with Crippen molar-refractivity contribution < 1.29 is 9.59 Å². The first-order valence-corrected chi connectivity index (χ1v) is 9.60. The van der Waals surface area contributed by atoms with E-state index in [-0.39, 0.29) is 17.9 Å². The molecule has 4 rings (SSSR count). The summed E-state index contributed by atoms with van der Waals surface area (Å²) in [7, 11) is 0. The predicted octanol–water partition coefficient (Wildman–Crippen LogP) is 1.77. The molecule has 0 aliphatic carbocycles. The Labute approximate surface area is 162 Å². The highest BCUT2D eigenvalue weighted by atomic mass is 35.5. The summed E-state index contributed by atoms with van der Waals surface area (Å²) in [5.74, 6) is 0.0504. The van der Waals surface area contributed by atoms with Gasteiger partial charge in [-0.3, -0.25) is 14.7 Å². The van der Waals surface area contributed by atoms with E-state index in [0.29, 0.717) is 42.5 Å². The minimum Gasteiger partial charge on any atom is -0.336 e. The van der Waals surface area contributed by atoms with E-state index in [0.717, 1.165) is 24.9 Å². The second-order valence-corrected chi connectivity index (χ2v) is 7.42. The topological polar surface area (TPSA) is 81.3 Å². The largest absolute Gasteiger partial charge is 0.336 e. The number of benzene rings is 1. The molecule has 1 aromatic carbocycles. The summed E-state index contributed by atoms with van der Waals surface area (Å²) in [4.78, 5) is 29.1. The van der Waals surface area contributed by atoms with Gasteiger partial charge in [-0.15, -0.1) is 0 Å². The maximum absolute atomic E-state index is 13.2. The van der Waals surface area contributed by atoms with Crippen molar-refractivity contribution in [1.29, 1.82) is 0 Å². The fraction of sp³-hybridized carbons (Fsp3) is 0.421. The molecule has 2 N–H and O–H groups in total. The minimum absolute atomic E-state index is 0.0639. The van der Waals surface area contributed by atoms with Crippen molar-refractivity contribution in [2.75, 3.05) is 32.7 Å². The summed E-state index contributed by atoms with van der Waals surface area (Å²) in [5, 5.41) is 10.7. The zero-order valence-electron chi connectivity index (χ0n) is 14.9. The fourth-order valence-corrected chi connectivity index (χ4v) is 4.07. The highest BCUT2D eigenvalue weighted by Crippen LogP contribution is 2.26. The molecule has 142 valence electrons. The summed E-state index contributed by atoms with van der Waals surface area (Å²) >= 11 is 6.09. The summed E-state index contributed by atoms with van der Waals surface area (Å²) in [6.07, 6.45) is 3.39. The van der Waals surface area contributed by atoms with E-state index in [9.17, 15) is 9.59 Å². The molecular formula is C19H22ClN5O2. The van der Waals surface area contributed by atoms with Crippen molar-refractivity contribution in [3.05, 3.63) is 41.0 Å². The van der Waals surface area contributed by atoms with Gasteiger partial charge in [-0.2, -0.15) is 5.10 Å². The lowest BCUT2D eigenvalue weighted by atomic mass is 10.0. The molecule has 27 heavy (non-hydrogen) atoms. The van der Waals surface area contributed by atoms with E-state index < -0.39 is 0 Å². The molecule has 8 heteroatoms. The van der Waals surface area contributed by atoms with Crippen molar-refractivity contribution in [3.63, 3.8) is 0 Å². The number of likely N-dealkylation sites (tertiary alicyclic amines) is 1. The highest BCUT2D eigenvalue weighted by Gasteiger charge is 2.32. The molecule has 1 atom stereocenters. The van der Waals surface area contributed by atoms with Gasteiger partial charge < -0.3 is 15.1 Å². The Morgan fingerprint density at radius 1 is 1.30 bits per heavy atom. The molecule has 3 heterocycles. The number of halogens is 1. The molecule has 2 amide bonds. The first kappa shape index (κ1) is 18.0. The molecule has 2 aromatic rings. The average Bonchev–Trinajstić information content (AvgIpc) is 3.18. The molecule has 2 saturated heterocycles. The number of nitrogens with one attached hydrogen (secondary N) is 2. The molecule has 0 saturated carbocycles. The predicted molar refractivity (Wildman–Crippen MR) is 103 cm³/mol.